The molecule has 0 amide bonds. The number of hydrogen-bond acceptors (Lipinski definition) is 1. The molecular formula is C8H13N. The Labute approximate surface area is 56.1 Å². The monoisotopic (exact) mass is 123 g/mol. The van der Waals surface area contributed by atoms with Crippen LogP contribution >= 0.6 is 0 Å². The van der Waals surface area contributed by atoms with E-state index in [9.17, 15) is 0 Å². The van der Waals surface area contributed by atoms with Crippen molar-refractivity contribution < 1.29 is 0 Å². The van der Waals surface area contributed by atoms with Crippen LogP contribution in [0.25, 0.3) is 0 Å². The summed E-state index contributed by atoms with van der Waals surface area (Å²) < 4.78 is 0. The van der Waals surface area contributed by atoms with Gasteiger partial charge in [0.15, 0.2) is 0 Å². The van der Waals surface area contributed by atoms with Crippen molar-refractivity contribution in [3.05, 3.63) is 12.3 Å². The van der Waals surface area contributed by atoms with E-state index in [1.807, 2.05) is 0 Å². The van der Waals surface area contributed by atoms with E-state index in [0.29, 0.717) is 5.41 Å². The molecule has 1 aliphatic heterocycles. The van der Waals surface area contributed by atoms with Crippen molar-refractivity contribution in [2.75, 3.05) is 6.54 Å². The molecule has 1 N–H and O–H groups in total. The summed E-state index contributed by atoms with van der Waals surface area (Å²) in [5.74, 6) is 0. The van der Waals surface area contributed by atoms with Crippen LogP contribution in [0.4, 0.5) is 0 Å². The van der Waals surface area contributed by atoms with E-state index >= 15 is 0 Å². The van der Waals surface area contributed by atoms with Crippen molar-refractivity contribution >= 4 is 0 Å². The SMILES string of the molecule is C1=CC2(CCC2)CCN1. The summed E-state index contributed by atoms with van der Waals surface area (Å²) in [6.45, 7) is 1.19. The van der Waals surface area contributed by atoms with E-state index in [0.717, 1.165) is 0 Å². The lowest BCUT2D eigenvalue weighted by Crippen LogP contribution is -2.33. The second-order valence-corrected chi connectivity index (χ2v) is 3.25. The topological polar surface area (TPSA) is 12.0 Å². The Morgan fingerprint density at radius 2 is 2.11 bits per heavy atom. The van der Waals surface area contributed by atoms with Gasteiger partial charge >= 0.3 is 0 Å². The van der Waals surface area contributed by atoms with Gasteiger partial charge in [0.05, 0.1) is 0 Å². The van der Waals surface area contributed by atoms with E-state index in [1.165, 1.54) is 32.2 Å². The van der Waals surface area contributed by atoms with Crippen molar-refractivity contribution in [2.45, 2.75) is 25.7 Å². The lowest BCUT2D eigenvalue weighted by molar-refractivity contribution is 0.180. The quantitative estimate of drug-likeness (QED) is 0.516. The third kappa shape index (κ3) is 0.752. The summed E-state index contributed by atoms with van der Waals surface area (Å²) in [4.78, 5) is 0. The second-order valence-electron chi connectivity index (χ2n) is 3.25. The summed E-state index contributed by atoms with van der Waals surface area (Å²) in [6.07, 6.45) is 10.2. The maximum Gasteiger partial charge on any atom is 0.0149 e. The zero-order valence-corrected chi connectivity index (χ0v) is 5.69. The van der Waals surface area contributed by atoms with Crippen molar-refractivity contribution in [2.24, 2.45) is 5.41 Å². The van der Waals surface area contributed by atoms with Crippen molar-refractivity contribution in [3.63, 3.8) is 0 Å². The second kappa shape index (κ2) is 1.76. The van der Waals surface area contributed by atoms with Crippen molar-refractivity contribution in [1.82, 2.24) is 5.32 Å². The van der Waals surface area contributed by atoms with Gasteiger partial charge in [0.2, 0.25) is 0 Å². The highest BCUT2D eigenvalue weighted by Crippen LogP contribution is 2.45. The van der Waals surface area contributed by atoms with Gasteiger partial charge in [0.1, 0.15) is 0 Å². The van der Waals surface area contributed by atoms with Crippen LogP contribution < -0.4 is 5.32 Å². The van der Waals surface area contributed by atoms with Gasteiger partial charge in [-0.1, -0.05) is 12.5 Å². The highest BCUT2D eigenvalue weighted by molar-refractivity contribution is 5.07. The molecule has 0 aromatic carbocycles. The third-order valence-corrected chi connectivity index (χ3v) is 2.67. The van der Waals surface area contributed by atoms with E-state index in [1.54, 1.807) is 0 Å². The molecule has 2 rings (SSSR count). The Kier molecular flexibility index (Phi) is 1.04. The summed E-state index contributed by atoms with van der Waals surface area (Å²) in [5.41, 5.74) is 0.658. The van der Waals surface area contributed by atoms with Crippen molar-refractivity contribution in [1.29, 1.82) is 0 Å². The first-order valence-corrected chi connectivity index (χ1v) is 3.82. The number of nitrogens with one attached hydrogen (secondary N) is 1. The van der Waals surface area contributed by atoms with Gasteiger partial charge in [-0.25, -0.2) is 0 Å². The molecule has 9 heavy (non-hydrogen) atoms. The van der Waals surface area contributed by atoms with E-state index in [4.69, 9.17) is 0 Å². The molecule has 1 heteroatoms. The zero-order chi connectivity index (χ0) is 6.16. The number of hydrogen-bond donors (Lipinski definition) is 1. The zero-order valence-electron chi connectivity index (χ0n) is 5.69. The fourth-order valence-corrected chi connectivity index (χ4v) is 1.77. The van der Waals surface area contributed by atoms with E-state index < -0.39 is 0 Å². The van der Waals surface area contributed by atoms with Crippen LogP contribution in [0.2, 0.25) is 0 Å². The van der Waals surface area contributed by atoms with Crippen LogP contribution in [0.1, 0.15) is 25.7 Å². The van der Waals surface area contributed by atoms with Crippen LogP contribution in [0.5, 0.6) is 0 Å². The third-order valence-electron chi connectivity index (χ3n) is 2.67. The Bertz CT molecular complexity index is 134. The summed E-state index contributed by atoms with van der Waals surface area (Å²) in [7, 11) is 0. The van der Waals surface area contributed by atoms with Gasteiger partial charge in [0, 0.05) is 6.54 Å². The smallest absolute Gasteiger partial charge is 0.0149 e. The predicted molar refractivity (Wildman–Crippen MR) is 38.0 cm³/mol. The first-order chi connectivity index (χ1) is 4.41. The first kappa shape index (κ1) is 5.33. The summed E-state index contributed by atoms with van der Waals surface area (Å²) in [5, 5.41) is 3.23. The minimum atomic E-state index is 0.658. The largest absolute Gasteiger partial charge is 0.391 e. The highest BCUT2D eigenvalue weighted by atomic mass is 14.8. The molecule has 0 unspecified atom stereocenters. The minimum absolute atomic E-state index is 0.658. The van der Waals surface area contributed by atoms with Crippen LogP contribution in [0.15, 0.2) is 12.3 Å². The van der Waals surface area contributed by atoms with E-state index in [-0.39, 0.29) is 0 Å². The van der Waals surface area contributed by atoms with Gasteiger partial charge in [-0.05, 0) is 30.9 Å². The molecule has 1 fully saturated rings. The average molecular weight is 123 g/mol. The first-order valence-electron chi connectivity index (χ1n) is 3.82. The Morgan fingerprint density at radius 1 is 1.22 bits per heavy atom. The molecule has 1 heterocycles. The van der Waals surface area contributed by atoms with Gasteiger partial charge < -0.3 is 5.32 Å². The summed E-state index contributed by atoms with van der Waals surface area (Å²) in [6, 6.07) is 0. The molecule has 0 atom stereocenters. The standard InChI is InChI=1S/C8H13N/c1-2-8(3-1)4-6-9-7-5-8/h4,6,9H,1-3,5,7H2. The minimum Gasteiger partial charge on any atom is -0.391 e. The molecule has 50 valence electrons. The van der Waals surface area contributed by atoms with Crippen molar-refractivity contribution in [3.8, 4) is 0 Å². The highest BCUT2D eigenvalue weighted by Gasteiger charge is 2.34. The average Bonchev–Trinajstić information content (AvgIpc) is 1.87. The molecule has 2 aliphatic rings. The van der Waals surface area contributed by atoms with Crippen LogP contribution in [0, 0.1) is 5.41 Å². The van der Waals surface area contributed by atoms with Gasteiger partial charge in [-0.3, -0.25) is 0 Å². The molecule has 0 saturated heterocycles. The molecule has 0 radical (unpaired) electrons. The lowest BCUT2D eigenvalue weighted by Gasteiger charge is -2.41. The normalized spacial score (nSPS) is 29.3. The maximum atomic E-state index is 3.23. The number of rotatable bonds is 0. The summed E-state index contributed by atoms with van der Waals surface area (Å²) >= 11 is 0. The molecule has 0 bridgehead atoms. The Morgan fingerprint density at radius 3 is 2.44 bits per heavy atom. The number of allylic oxidation sites excluding steroid dienone is 1. The maximum absolute atomic E-state index is 3.23. The molecule has 0 aromatic heterocycles. The molecule has 1 aliphatic carbocycles. The predicted octanol–water partition coefficient (Wildman–Crippen LogP) is 1.66. The fraction of sp³-hybridized carbons (Fsp3) is 0.750. The lowest BCUT2D eigenvalue weighted by atomic mass is 9.66. The van der Waals surface area contributed by atoms with Crippen LogP contribution in [-0.2, 0) is 0 Å². The Hall–Kier alpha value is -0.460. The van der Waals surface area contributed by atoms with Gasteiger partial charge in [0.25, 0.3) is 0 Å². The molecular weight excluding hydrogens is 110 g/mol. The molecule has 1 nitrogen and oxygen atoms in total. The molecule has 1 spiro atoms. The van der Waals surface area contributed by atoms with E-state index in [2.05, 4.69) is 17.6 Å². The van der Waals surface area contributed by atoms with Crippen LogP contribution in [-0.4, -0.2) is 6.54 Å². The van der Waals surface area contributed by atoms with Gasteiger partial charge in [-0.2, -0.15) is 0 Å². The fourth-order valence-electron chi connectivity index (χ4n) is 1.77. The van der Waals surface area contributed by atoms with Gasteiger partial charge in [-0.15, -0.1) is 0 Å². The molecule has 1 saturated carbocycles. The molecule has 0 aromatic rings. The van der Waals surface area contributed by atoms with Crippen LogP contribution in [0.3, 0.4) is 0 Å². The Balaban J connectivity index is 2.09.